The predicted octanol–water partition coefficient (Wildman–Crippen LogP) is 3.91. The van der Waals surface area contributed by atoms with Crippen LogP contribution in [0.5, 0.6) is 0 Å². The van der Waals surface area contributed by atoms with E-state index in [0.29, 0.717) is 5.92 Å². The number of amides is 2. The number of fused-ring (bicyclic) bond motifs is 1. The monoisotopic (exact) mass is 292 g/mol. The minimum absolute atomic E-state index is 0.0331. The van der Waals surface area contributed by atoms with E-state index in [1.54, 1.807) is 0 Å². The van der Waals surface area contributed by atoms with Crippen LogP contribution in [0, 0.1) is 5.92 Å². The van der Waals surface area contributed by atoms with Gasteiger partial charge in [0.05, 0.1) is 6.04 Å². The van der Waals surface area contributed by atoms with Crippen LogP contribution in [0.25, 0.3) is 0 Å². The van der Waals surface area contributed by atoms with Gasteiger partial charge in [0.2, 0.25) is 0 Å². The molecule has 112 valence electrons. The van der Waals surface area contributed by atoms with E-state index in [4.69, 9.17) is 0 Å². The summed E-state index contributed by atoms with van der Waals surface area (Å²) in [6, 6.07) is 18.7. The average Bonchev–Trinajstić information content (AvgIpc) is 3.31. The van der Waals surface area contributed by atoms with Crippen LogP contribution in [-0.4, -0.2) is 12.6 Å². The molecule has 2 aromatic rings. The number of nitrogens with zero attached hydrogens (tertiary/aromatic N) is 1. The zero-order valence-corrected chi connectivity index (χ0v) is 12.5. The maximum Gasteiger partial charge on any atom is 0.322 e. The summed E-state index contributed by atoms with van der Waals surface area (Å²) in [5.41, 5.74) is 3.54. The van der Waals surface area contributed by atoms with Crippen LogP contribution in [0.1, 0.15) is 30.0 Å². The summed E-state index contributed by atoms with van der Waals surface area (Å²) >= 11 is 0. The van der Waals surface area contributed by atoms with Crippen molar-refractivity contribution in [2.75, 3.05) is 11.4 Å². The maximum absolute atomic E-state index is 12.7. The Morgan fingerprint density at radius 3 is 2.55 bits per heavy atom. The number of carbonyl (C=O) groups excluding carboxylic acids is 1. The van der Waals surface area contributed by atoms with Gasteiger partial charge in [-0.2, -0.15) is 0 Å². The Hall–Kier alpha value is -2.29. The minimum atomic E-state index is 0.0331. The third-order valence-corrected chi connectivity index (χ3v) is 4.66. The number of urea groups is 1. The third kappa shape index (κ3) is 2.47. The number of benzene rings is 2. The van der Waals surface area contributed by atoms with Crippen molar-refractivity contribution in [2.45, 2.75) is 25.3 Å². The zero-order chi connectivity index (χ0) is 14.9. The van der Waals surface area contributed by atoms with Gasteiger partial charge in [-0.25, -0.2) is 4.79 Å². The first-order chi connectivity index (χ1) is 10.8. The Balaban J connectivity index is 1.54. The Labute approximate surface area is 131 Å². The van der Waals surface area contributed by atoms with E-state index in [1.807, 2.05) is 41.3 Å². The average molecular weight is 292 g/mol. The Bertz CT molecular complexity index is 679. The smallest absolute Gasteiger partial charge is 0.322 e. The lowest BCUT2D eigenvalue weighted by molar-refractivity contribution is 0.241. The number of anilines is 1. The highest BCUT2D eigenvalue weighted by molar-refractivity contribution is 5.94. The SMILES string of the molecule is O=C(NC(c1ccccc1)C1CC1)N1CCc2ccccc21. The van der Waals surface area contributed by atoms with Gasteiger partial charge in [-0.15, -0.1) is 0 Å². The molecule has 3 nitrogen and oxygen atoms in total. The molecule has 1 atom stereocenters. The summed E-state index contributed by atoms with van der Waals surface area (Å²) in [4.78, 5) is 14.6. The van der Waals surface area contributed by atoms with Gasteiger partial charge < -0.3 is 5.32 Å². The van der Waals surface area contributed by atoms with E-state index in [1.165, 1.54) is 24.0 Å². The molecule has 1 fully saturated rings. The van der Waals surface area contributed by atoms with Crippen molar-refractivity contribution in [3.05, 3.63) is 65.7 Å². The van der Waals surface area contributed by atoms with Gasteiger partial charge in [-0.05, 0) is 42.4 Å². The van der Waals surface area contributed by atoms with E-state index in [-0.39, 0.29) is 12.1 Å². The molecule has 1 aliphatic carbocycles. The van der Waals surface area contributed by atoms with Crippen LogP contribution < -0.4 is 10.2 Å². The molecule has 1 unspecified atom stereocenters. The first-order valence-electron chi connectivity index (χ1n) is 8.04. The van der Waals surface area contributed by atoms with Crippen LogP contribution >= 0.6 is 0 Å². The second-order valence-corrected chi connectivity index (χ2v) is 6.21. The largest absolute Gasteiger partial charge is 0.331 e. The van der Waals surface area contributed by atoms with Crippen LogP contribution in [0.4, 0.5) is 10.5 Å². The number of hydrogen-bond donors (Lipinski definition) is 1. The molecule has 0 spiro atoms. The molecule has 1 N–H and O–H groups in total. The van der Waals surface area contributed by atoms with Crippen LogP contribution in [-0.2, 0) is 6.42 Å². The number of para-hydroxylation sites is 1. The van der Waals surface area contributed by atoms with Crippen LogP contribution in [0.15, 0.2) is 54.6 Å². The van der Waals surface area contributed by atoms with Gasteiger partial charge >= 0.3 is 6.03 Å². The fourth-order valence-electron chi connectivity index (χ4n) is 3.32. The zero-order valence-electron chi connectivity index (χ0n) is 12.5. The van der Waals surface area contributed by atoms with Gasteiger partial charge in [-0.1, -0.05) is 48.5 Å². The fourth-order valence-corrected chi connectivity index (χ4v) is 3.32. The number of carbonyl (C=O) groups is 1. The van der Waals surface area contributed by atoms with Crippen molar-refractivity contribution in [3.8, 4) is 0 Å². The van der Waals surface area contributed by atoms with E-state index in [2.05, 4.69) is 23.5 Å². The van der Waals surface area contributed by atoms with Crippen LogP contribution in [0.2, 0.25) is 0 Å². The standard InChI is InChI=1S/C19H20N2O/c22-19(21-13-12-14-6-4-5-9-17(14)21)20-18(16-10-11-16)15-7-2-1-3-8-15/h1-9,16,18H,10-13H2,(H,20,22). The van der Waals surface area contributed by atoms with Crippen molar-refractivity contribution in [1.82, 2.24) is 5.32 Å². The maximum atomic E-state index is 12.7. The molecule has 2 amide bonds. The summed E-state index contributed by atoms with van der Waals surface area (Å²) in [6.45, 7) is 0.775. The Morgan fingerprint density at radius 1 is 1.05 bits per heavy atom. The summed E-state index contributed by atoms with van der Waals surface area (Å²) < 4.78 is 0. The van der Waals surface area contributed by atoms with Crippen LogP contribution in [0.3, 0.4) is 0 Å². The molecule has 3 heteroatoms. The topological polar surface area (TPSA) is 32.3 Å². The predicted molar refractivity (Wildman–Crippen MR) is 87.9 cm³/mol. The summed E-state index contributed by atoms with van der Waals surface area (Å²) in [6.07, 6.45) is 3.36. The van der Waals surface area contributed by atoms with E-state index in [0.717, 1.165) is 18.7 Å². The minimum Gasteiger partial charge on any atom is -0.331 e. The molecule has 0 radical (unpaired) electrons. The highest BCUT2D eigenvalue weighted by Crippen LogP contribution is 2.41. The fraction of sp³-hybridized carbons (Fsp3) is 0.316. The van der Waals surface area contributed by atoms with Crippen molar-refractivity contribution < 1.29 is 4.79 Å². The normalized spacial score (nSPS) is 17.9. The first-order valence-corrected chi connectivity index (χ1v) is 8.04. The lowest BCUT2D eigenvalue weighted by Gasteiger charge is -2.24. The summed E-state index contributed by atoms with van der Waals surface area (Å²) in [5, 5.41) is 3.27. The number of nitrogens with one attached hydrogen (secondary N) is 1. The number of hydrogen-bond acceptors (Lipinski definition) is 1. The molecule has 22 heavy (non-hydrogen) atoms. The molecular weight excluding hydrogens is 272 g/mol. The highest BCUT2D eigenvalue weighted by atomic mass is 16.2. The molecule has 4 rings (SSSR count). The van der Waals surface area contributed by atoms with E-state index >= 15 is 0 Å². The number of rotatable bonds is 3. The molecule has 1 saturated carbocycles. The quantitative estimate of drug-likeness (QED) is 0.914. The molecular formula is C19H20N2O. The molecule has 0 saturated heterocycles. The Morgan fingerprint density at radius 2 is 1.77 bits per heavy atom. The Kier molecular flexibility index (Phi) is 3.34. The molecule has 2 aromatic carbocycles. The van der Waals surface area contributed by atoms with Gasteiger partial charge in [0, 0.05) is 12.2 Å². The third-order valence-electron chi connectivity index (χ3n) is 4.66. The molecule has 0 bridgehead atoms. The molecule has 0 aromatic heterocycles. The second-order valence-electron chi connectivity index (χ2n) is 6.21. The van der Waals surface area contributed by atoms with E-state index < -0.39 is 0 Å². The van der Waals surface area contributed by atoms with Gasteiger partial charge in [0.25, 0.3) is 0 Å². The lowest BCUT2D eigenvalue weighted by atomic mass is 10.0. The summed E-state index contributed by atoms with van der Waals surface area (Å²) in [5.74, 6) is 0.587. The van der Waals surface area contributed by atoms with E-state index in [9.17, 15) is 4.79 Å². The highest BCUT2D eigenvalue weighted by Gasteiger charge is 2.35. The second kappa shape index (κ2) is 5.48. The molecule has 2 aliphatic rings. The van der Waals surface area contributed by atoms with Crippen molar-refractivity contribution in [2.24, 2.45) is 5.92 Å². The van der Waals surface area contributed by atoms with Gasteiger partial charge in [0.1, 0.15) is 0 Å². The molecule has 1 heterocycles. The van der Waals surface area contributed by atoms with Gasteiger partial charge in [0.15, 0.2) is 0 Å². The summed E-state index contributed by atoms with van der Waals surface area (Å²) in [7, 11) is 0. The first kappa shape index (κ1) is 13.4. The van der Waals surface area contributed by atoms with Gasteiger partial charge in [-0.3, -0.25) is 4.90 Å². The van der Waals surface area contributed by atoms with Crippen molar-refractivity contribution >= 4 is 11.7 Å². The lowest BCUT2D eigenvalue weighted by Crippen LogP contribution is -2.41. The van der Waals surface area contributed by atoms with Crippen molar-refractivity contribution in [3.63, 3.8) is 0 Å². The molecule has 1 aliphatic heterocycles. The van der Waals surface area contributed by atoms with Crippen molar-refractivity contribution in [1.29, 1.82) is 0 Å².